The standard InChI is InChI=1S/C31H40O4/c1-2-3-4-5-6-7-8-9-18-26(19-12-15-22-29(32)33)35-31(34)30-27-20-13-10-16-24(27)23-25-17-11-14-21-28(25)30/h10-11,13-14,16-17,20-21,23,26H,2-9,12,15,18-19,22H2,1H3,(H,32,33). The maximum atomic E-state index is 13.5. The second-order valence-electron chi connectivity index (χ2n) is 9.62. The molecule has 0 spiro atoms. The first-order chi connectivity index (χ1) is 17.1. The largest absolute Gasteiger partial charge is 0.481 e. The minimum Gasteiger partial charge on any atom is -0.481 e. The number of hydrogen-bond acceptors (Lipinski definition) is 3. The Kier molecular flexibility index (Phi) is 11.1. The Balaban J connectivity index is 1.68. The van der Waals surface area contributed by atoms with Gasteiger partial charge in [-0.25, -0.2) is 4.79 Å². The molecule has 0 aromatic heterocycles. The minimum atomic E-state index is -0.774. The van der Waals surface area contributed by atoms with Crippen molar-refractivity contribution in [2.45, 2.75) is 96.5 Å². The summed E-state index contributed by atoms with van der Waals surface area (Å²) in [5, 5.41) is 12.8. The van der Waals surface area contributed by atoms with Crippen molar-refractivity contribution < 1.29 is 19.4 Å². The van der Waals surface area contributed by atoms with E-state index >= 15 is 0 Å². The molecule has 0 aliphatic rings. The highest BCUT2D eigenvalue weighted by atomic mass is 16.5. The van der Waals surface area contributed by atoms with Gasteiger partial charge in [-0.1, -0.05) is 100 Å². The summed E-state index contributed by atoms with van der Waals surface area (Å²) in [5.74, 6) is -1.05. The molecule has 0 aliphatic heterocycles. The van der Waals surface area contributed by atoms with E-state index in [1.807, 2.05) is 48.5 Å². The van der Waals surface area contributed by atoms with Crippen LogP contribution in [-0.4, -0.2) is 23.1 Å². The highest BCUT2D eigenvalue weighted by molar-refractivity contribution is 6.16. The van der Waals surface area contributed by atoms with Crippen molar-refractivity contribution in [2.75, 3.05) is 0 Å². The van der Waals surface area contributed by atoms with E-state index in [0.717, 1.165) is 47.2 Å². The van der Waals surface area contributed by atoms with E-state index < -0.39 is 5.97 Å². The number of carboxylic acid groups (broad SMARTS) is 1. The first kappa shape index (κ1) is 26.7. The van der Waals surface area contributed by atoms with Crippen LogP contribution in [0.5, 0.6) is 0 Å². The van der Waals surface area contributed by atoms with E-state index in [-0.39, 0.29) is 18.5 Å². The van der Waals surface area contributed by atoms with Gasteiger partial charge in [-0.3, -0.25) is 4.79 Å². The molecule has 0 bridgehead atoms. The summed E-state index contributed by atoms with van der Waals surface area (Å²) >= 11 is 0. The fourth-order valence-electron chi connectivity index (χ4n) is 4.86. The zero-order valence-corrected chi connectivity index (χ0v) is 21.1. The molecule has 0 fully saturated rings. The van der Waals surface area contributed by atoms with Gasteiger partial charge in [0.05, 0.1) is 5.56 Å². The minimum absolute atomic E-state index is 0.159. The van der Waals surface area contributed by atoms with E-state index in [1.54, 1.807) is 0 Å². The zero-order valence-electron chi connectivity index (χ0n) is 21.1. The van der Waals surface area contributed by atoms with E-state index in [1.165, 1.54) is 38.5 Å². The van der Waals surface area contributed by atoms with Crippen LogP contribution >= 0.6 is 0 Å². The maximum Gasteiger partial charge on any atom is 0.339 e. The van der Waals surface area contributed by atoms with Crippen molar-refractivity contribution in [3.8, 4) is 0 Å². The Hall–Kier alpha value is -2.88. The van der Waals surface area contributed by atoms with Crippen molar-refractivity contribution in [1.29, 1.82) is 0 Å². The first-order valence-electron chi connectivity index (χ1n) is 13.4. The molecule has 0 aliphatic carbocycles. The summed E-state index contributed by atoms with van der Waals surface area (Å²) in [6, 6.07) is 18.0. The second kappa shape index (κ2) is 14.5. The average Bonchev–Trinajstić information content (AvgIpc) is 2.86. The third kappa shape index (κ3) is 8.38. The smallest absolute Gasteiger partial charge is 0.339 e. The molecule has 4 heteroatoms. The highest BCUT2D eigenvalue weighted by Crippen LogP contribution is 2.30. The zero-order chi connectivity index (χ0) is 24.9. The van der Waals surface area contributed by atoms with Crippen LogP contribution in [0.2, 0.25) is 0 Å². The molecule has 3 aromatic rings. The topological polar surface area (TPSA) is 63.6 Å². The Morgan fingerprint density at radius 3 is 1.83 bits per heavy atom. The average molecular weight is 477 g/mol. The van der Waals surface area contributed by atoms with E-state index in [9.17, 15) is 9.59 Å². The van der Waals surface area contributed by atoms with Crippen LogP contribution in [-0.2, 0) is 9.53 Å². The van der Waals surface area contributed by atoms with Crippen LogP contribution in [0.25, 0.3) is 21.5 Å². The lowest BCUT2D eigenvalue weighted by molar-refractivity contribution is -0.137. The predicted molar refractivity (Wildman–Crippen MR) is 144 cm³/mol. The van der Waals surface area contributed by atoms with Crippen LogP contribution in [0.1, 0.15) is 101 Å². The van der Waals surface area contributed by atoms with Crippen LogP contribution in [0, 0.1) is 0 Å². The van der Waals surface area contributed by atoms with E-state index in [0.29, 0.717) is 18.4 Å². The van der Waals surface area contributed by atoms with Crippen LogP contribution in [0.4, 0.5) is 0 Å². The molecule has 188 valence electrons. The number of carbonyl (C=O) groups excluding carboxylic acids is 1. The number of ether oxygens (including phenoxy) is 1. The Labute approximate surface area is 209 Å². The molecule has 0 saturated heterocycles. The molecule has 0 amide bonds. The summed E-state index contributed by atoms with van der Waals surface area (Å²) in [6.45, 7) is 2.24. The number of unbranched alkanes of at least 4 members (excludes halogenated alkanes) is 8. The third-order valence-electron chi connectivity index (χ3n) is 6.80. The van der Waals surface area contributed by atoms with Gasteiger partial charge in [0.2, 0.25) is 0 Å². The van der Waals surface area contributed by atoms with E-state index in [2.05, 4.69) is 13.0 Å². The van der Waals surface area contributed by atoms with Crippen molar-refractivity contribution in [2.24, 2.45) is 0 Å². The molecular formula is C31H40O4. The van der Waals surface area contributed by atoms with Gasteiger partial charge in [-0.2, -0.15) is 0 Å². The molecule has 3 rings (SSSR count). The van der Waals surface area contributed by atoms with Gasteiger partial charge < -0.3 is 9.84 Å². The van der Waals surface area contributed by atoms with Gasteiger partial charge in [0.1, 0.15) is 6.10 Å². The molecule has 1 N–H and O–H groups in total. The summed E-state index contributed by atoms with van der Waals surface area (Å²) in [7, 11) is 0. The number of carboxylic acids is 1. The number of hydrogen-bond donors (Lipinski definition) is 1. The quantitative estimate of drug-likeness (QED) is 0.128. The van der Waals surface area contributed by atoms with Crippen LogP contribution < -0.4 is 0 Å². The fourth-order valence-corrected chi connectivity index (χ4v) is 4.86. The number of rotatable bonds is 16. The Morgan fingerprint density at radius 1 is 0.743 bits per heavy atom. The molecule has 0 heterocycles. The number of fused-ring (bicyclic) bond motifs is 2. The predicted octanol–water partition coefficient (Wildman–Crippen LogP) is 8.69. The molecule has 1 unspecified atom stereocenters. The van der Waals surface area contributed by atoms with Crippen LogP contribution in [0.15, 0.2) is 54.6 Å². The lowest BCUT2D eigenvalue weighted by Gasteiger charge is -2.19. The van der Waals surface area contributed by atoms with Gasteiger partial charge in [-0.05, 0) is 59.7 Å². The number of benzene rings is 3. The van der Waals surface area contributed by atoms with Crippen molar-refractivity contribution in [3.05, 3.63) is 60.2 Å². The van der Waals surface area contributed by atoms with Gasteiger partial charge in [0, 0.05) is 6.42 Å². The highest BCUT2D eigenvalue weighted by Gasteiger charge is 2.20. The first-order valence-corrected chi connectivity index (χ1v) is 13.4. The number of aliphatic carboxylic acids is 1. The molecule has 35 heavy (non-hydrogen) atoms. The SMILES string of the molecule is CCCCCCCCCCC(CCCCC(=O)O)OC(=O)c1c2ccccc2cc2ccccc12. The number of carbonyl (C=O) groups is 2. The van der Waals surface area contributed by atoms with Gasteiger partial charge >= 0.3 is 11.9 Å². The molecule has 0 radical (unpaired) electrons. The second-order valence-corrected chi connectivity index (χ2v) is 9.62. The van der Waals surface area contributed by atoms with Gasteiger partial charge in [0.25, 0.3) is 0 Å². The molecule has 0 saturated carbocycles. The molecule has 1 atom stereocenters. The van der Waals surface area contributed by atoms with Crippen LogP contribution in [0.3, 0.4) is 0 Å². The number of esters is 1. The Morgan fingerprint density at radius 2 is 1.26 bits per heavy atom. The summed E-state index contributed by atoms with van der Waals surface area (Å²) in [4.78, 5) is 24.5. The molecule has 4 nitrogen and oxygen atoms in total. The monoisotopic (exact) mass is 476 g/mol. The lowest BCUT2D eigenvalue weighted by Crippen LogP contribution is -2.19. The van der Waals surface area contributed by atoms with Gasteiger partial charge in [-0.15, -0.1) is 0 Å². The fraction of sp³-hybridized carbons (Fsp3) is 0.484. The normalized spacial score (nSPS) is 12.1. The summed E-state index contributed by atoms with van der Waals surface area (Å²) < 4.78 is 6.13. The maximum absolute atomic E-state index is 13.5. The molecular weight excluding hydrogens is 436 g/mol. The summed E-state index contributed by atoms with van der Waals surface area (Å²) in [5.41, 5.74) is 0.630. The van der Waals surface area contributed by atoms with Gasteiger partial charge in [0.15, 0.2) is 0 Å². The van der Waals surface area contributed by atoms with Crippen molar-refractivity contribution in [1.82, 2.24) is 0 Å². The third-order valence-corrected chi connectivity index (χ3v) is 6.80. The van der Waals surface area contributed by atoms with Crippen molar-refractivity contribution in [3.63, 3.8) is 0 Å². The van der Waals surface area contributed by atoms with E-state index in [4.69, 9.17) is 9.84 Å². The molecule has 3 aromatic carbocycles. The van der Waals surface area contributed by atoms with Crippen molar-refractivity contribution >= 4 is 33.5 Å². The lowest BCUT2D eigenvalue weighted by atomic mass is 9.96. The summed E-state index contributed by atoms with van der Waals surface area (Å²) in [6.07, 6.45) is 12.7. The Bertz CT molecular complexity index is 1030.